The lowest BCUT2D eigenvalue weighted by atomic mass is 10.1. The Morgan fingerprint density at radius 2 is 1.85 bits per heavy atom. The quantitative estimate of drug-likeness (QED) is 0.751. The molecule has 0 saturated carbocycles. The molecule has 0 heterocycles. The summed E-state index contributed by atoms with van der Waals surface area (Å²) in [5, 5.41) is 15.9. The second-order valence-electron chi connectivity index (χ2n) is 5.02. The van der Waals surface area contributed by atoms with Crippen LogP contribution in [0.25, 0.3) is 0 Å². The second-order valence-corrected chi connectivity index (χ2v) is 5.46. The number of methoxy groups -OCH3 is 1. The van der Waals surface area contributed by atoms with E-state index in [9.17, 15) is 19.5 Å². The van der Waals surface area contributed by atoms with Gasteiger partial charge < -0.3 is 25.3 Å². The highest BCUT2D eigenvalue weighted by molar-refractivity contribution is 6.31. The van der Waals surface area contributed by atoms with Gasteiger partial charge in [0.15, 0.2) is 0 Å². The normalized spacial score (nSPS) is 10.4. The average Bonchev–Trinajstić information content (AvgIpc) is 2.60. The first-order valence-electron chi connectivity index (χ1n) is 7.34. The highest BCUT2D eigenvalue weighted by Crippen LogP contribution is 2.28. The van der Waals surface area contributed by atoms with Crippen molar-refractivity contribution in [1.29, 1.82) is 0 Å². The van der Waals surface area contributed by atoms with E-state index in [4.69, 9.17) is 16.3 Å². The van der Waals surface area contributed by atoms with Gasteiger partial charge in [-0.3, -0.25) is 9.59 Å². The topological polar surface area (TPSA) is 108 Å². The summed E-state index contributed by atoms with van der Waals surface area (Å²) in [6.07, 6.45) is 1.43. The first-order valence-corrected chi connectivity index (χ1v) is 7.72. The number of nitrogens with one attached hydrogen (secondary N) is 2. The lowest BCUT2D eigenvalue weighted by Crippen LogP contribution is -2.20. The number of amides is 2. The molecular weight excluding hydrogens is 360 g/mol. The number of carbonyl (C=O) groups is 3. The number of halogens is 1. The Morgan fingerprint density at radius 3 is 2.54 bits per heavy atom. The van der Waals surface area contributed by atoms with Crippen molar-refractivity contribution in [3.05, 3.63) is 65.2 Å². The van der Waals surface area contributed by atoms with Crippen LogP contribution in [0.5, 0.6) is 5.75 Å². The second kappa shape index (κ2) is 8.68. The third kappa shape index (κ3) is 5.35. The van der Waals surface area contributed by atoms with E-state index in [-0.39, 0.29) is 5.56 Å². The number of hydrogen-bond donors (Lipinski definition) is 2. The van der Waals surface area contributed by atoms with Crippen LogP contribution in [-0.2, 0) is 9.59 Å². The number of anilines is 2. The number of carboxylic acid groups (broad SMARTS) is 1. The number of benzene rings is 2. The Hall–Kier alpha value is -3.32. The molecule has 2 aromatic carbocycles. The van der Waals surface area contributed by atoms with Gasteiger partial charge in [-0.15, -0.1) is 0 Å². The summed E-state index contributed by atoms with van der Waals surface area (Å²) >= 11 is 5.93. The van der Waals surface area contributed by atoms with E-state index in [0.717, 1.165) is 6.08 Å². The van der Waals surface area contributed by atoms with Crippen molar-refractivity contribution < 1.29 is 24.2 Å². The van der Waals surface area contributed by atoms with E-state index in [1.54, 1.807) is 36.4 Å². The van der Waals surface area contributed by atoms with Gasteiger partial charge in [0.25, 0.3) is 5.91 Å². The summed E-state index contributed by atoms with van der Waals surface area (Å²) < 4.78 is 5.17. The fraction of sp³-hybridized carbons (Fsp3) is 0.0556. The molecule has 0 unspecified atom stereocenters. The maximum absolute atomic E-state index is 12.4. The molecule has 0 fully saturated rings. The van der Waals surface area contributed by atoms with Crippen molar-refractivity contribution >= 4 is 40.8 Å². The van der Waals surface area contributed by atoms with Gasteiger partial charge in [0.2, 0.25) is 5.91 Å². The Labute approximate surface area is 154 Å². The van der Waals surface area contributed by atoms with Gasteiger partial charge in [-0.2, -0.15) is 0 Å². The van der Waals surface area contributed by atoms with Crippen molar-refractivity contribution in [3.63, 3.8) is 0 Å². The maximum Gasteiger partial charge on any atom is 0.255 e. The average molecular weight is 374 g/mol. The lowest BCUT2D eigenvalue weighted by Gasteiger charge is -2.11. The van der Waals surface area contributed by atoms with E-state index in [2.05, 4.69) is 10.6 Å². The Kier molecular flexibility index (Phi) is 6.35. The third-order valence-electron chi connectivity index (χ3n) is 3.17. The molecule has 0 spiro atoms. The van der Waals surface area contributed by atoms with Crippen molar-refractivity contribution in [1.82, 2.24) is 0 Å². The van der Waals surface area contributed by atoms with E-state index in [0.29, 0.717) is 28.2 Å². The minimum Gasteiger partial charge on any atom is -0.545 e. The zero-order valence-electron chi connectivity index (χ0n) is 13.6. The number of ether oxygens (including phenoxy) is 1. The van der Waals surface area contributed by atoms with Gasteiger partial charge in [0.05, 0.1) is 18.8 Å². The summed E-state index contributed by atoms with van der Waals surface area (Å²) in [6, 6.07) is 10.9. The molecule has 2 N–H and O–H groups in total. The minimum absolute atomic E-state index is 0.272. The van der Waals surface area contributed by atoms with Crippen LogP contribution < -0.4 is 20.5 Å². The third-order valence-corrected chi connectivity index (χ3v) is 3.41. The zero-order chi connectivity index (χ0) is 19.1. The number of aliphatic carboxylic acids is 1. The van der Waals surface area contributed by atoms with Gasteiger partial charge in [-0.1, -0.05) is 17.7 Å². The van der Waals surface area contributed by atoms with E-state index in [1.807, 2.05) is 0 Å². The molecule has 2 aromatic rings. The molecule has 2 rings (SSSR count). The Morgan fingerprint density at radius 1 is 1.08 bits per heavy atom. The highest BCUT2D eigenvalue weighted by Gasteiger charge is 2.11. The van der Waals surface area contributed by atoms with Gasteiger partial charge in [0, 0.05) is 22.3 Å². The molecule has 0 aliphatic rings. The molecular formula is C18H14ClN2O5-. The molecule has 0 aliphatic heterocycles. The lowest BCUT2D eigenvalue weighted by molar-refractivity contribution is -0.297. The van der Waals surface area contributed by atoms with Crippen LogP contribution in [0.1, 0.15) is 10.4 Å². The number of carbonyl (C=O) groups excluding carboxylic acids is 3. The molecule has 2 amide bonds. The van der Waals surface area contributed by atoms with Crippen molar-refractivity contribution in [2.24, 2.45) is 0 Å². The fourth-order valence-corrected chi connectivity index (χ4v) is 2.21. The van der Waals surface area contributed by atoms with Gasteiger partial charge in [-0.25, -0.2) is 0 Å². The molecule has 0 bridgehead atoms. The zero-order valence-corrected chi connectivity index (χ0v) is 14.4. The summed E-state index contributed by atoms with van der Waals surface area (Å²) in [5.74, 6) is -2.14. The molecule has 0 aliphatic carbocycles. The van der Waals surface area contributed by atoms with Crippen molar-refractivity contribution in [3.8, 4) is 5.75 Å². The SMILES string of the molecule is COc1ccc(Cl)cc1NC(=O)c1cccc(NC(=O)C=CC(=O)[O-])c1. The minimum atomic E-state index is -1.48. The van der Waals surface area contributed by atoms with Crippen LogP contribution in [-0.4, -0.2) is 24.9 Å². The van der Waals surface area contributed by atoms with Crippen LogP contribution >= 0.6 is 11.6 Å². The Bertz CT molecular complexity index is 880. The van der Waals surface area contributed by atoms with Crippen LogP contribution in [0.2, 0.25) is 5.02 Å². The standard InChI is InChI=1S/C18H15ClN2O5/c1-26-15-6-5-12(19)10-14(15)21-18(25)11-3-2-4-13(9-11)20-16(22)7-8-17(23)24/h2-10H,1H3,(H,20,22)(H,21,25)(H,23,24)/p-1. The first kappa shape index (κ1) is 19.0. The number of rotatable bonds is 6. The molecule has 8 heteroatoms. The van der Waals surface area contributed by atoms with Crippen LogP contribution in [0, 0.1) is 0 Å². The molecule has 0 aromatic heterocycles. The molecule has 0 saturated heterocycles. The highest BCUT2D eigenvalue weighted by atomic mass is 35.5. The Balaban J connectivity index is 2.14. The summed E-state index contributed by atoms with van der Waals surface area (Å²) in [7, 11) is 1.47. The van der Waals surface area contributed by atoms with Crippen LogP contribution in [0.15, 0.2) is 54.6 Å². The number of carboxylic acids is 1. The maximum atomic E-state index is 12.4. The van der Waals surface area contributed by atoms with E-state index >= 15 is 0 Å². The predicted molar refractivity (Wildman–Crippen MR) is 95.2 cm³/mol. The largest absolute Gasteiger partial charge is 0.545 e. The molecule has 26 heavy (non-hydrogen) atoms. The molecule has 134 valence electrons. The van der Waals surface area contributed by atoms with Gasteiger partial charge in [0.1, 0.15) is 5.75 Å². The molecule has 0 atom stereocenters. The van der Waals surface area contributed by atoms with Crippen molar-refractivity contribution in [2.45, 2.75) is 0 Å². The van der Waals surface area contributed by atoms with Crippen molar-refractivity contribution in [2.75, 3.05) is 17.7 Å². The monoisotopic (exact) mass is 373 g/mol. The summed E-state index contributed by atoms with van der Waals surface area (Å²) in [6.45, 7) is 0. The molecule has 0 radical (unpaired) electrons. The smallest absolute Gasteiger partial charge is 0.255 e. The summed E-state index contributed by atoms with van der Waals surface area (Å²) in [4.78, 5) is 34.3. The van der Waals surface area contributed by atoms with E-state index < -0.39 is 17.8 Å². The van der Waals surface area contributed by atoms with E-state index in [1.165, 1.54) is 13.2 Å². The fourth-order valence-electron chi connectivity index (χ4n) is 2.04. The van der Waals surface area contributed by atoms with Gasteiger partial charge in [-0.05, 0) is 42.5 Å². The van der Waals surface area contributed by atoms with Crippen LogP contribution in [0.3, 0.4) is 0 Å². The van der Waals surface area contributed by atoms with Gasteiger partial charge >= 0.3 is 0 Å². The first-order chi connectivity index (χ1) is 12.4. The molecule has 7 nitrogen and oxygen atoms in total. The van der Waals surface area contributed by atoms with Crippen LogP contribution in [0.4, 0.5) is 11.4 Å². The summed E-state index contributed by atoms with van der Waals surface area (Å²) in [5.41, 5.74) is 0.994. The number of hydrogen-bond acceptors (Lipinski definition) is 5. The predicted octanol–water partition coefficient (Wildman–Crippen LogP) is 1.85.